The first-order valence-corrected chi connectivity index (χ1v) is 15.7. The average Bonchev–Trinajstić information content (AvgIpc) is 3.71. The summed E-state index contributed by atoms with van der Waals surface area (Å²) in [5.41, 5.74) is 0.947. The molecule has 2 unspecified atom stereocenters. The smallest absolute Gasteiger partial charge is 0.306 e. The van der Waals surface area contributed by atoms with Crippen molar-refractivity contribution in [3.05, 3.63) is 60.2 Å². The van der Waals surface area contributed by atoms with Gasteiger partial charge in [-0.2, -0.15) is 4.31 Å². The second kappa shape index (κ2) is 13.2. The molecule has 2 aromatic carbocycles. The van der Waals surface area contributed by atoms with E-state index in [1.54, 1.807) is 12.1 Å². The molecule has 224 valence electrons. The molecule has 0 amide bonds. The molecule has 41 heavy (non-hydrogen) atoms. The molecule has 2 aromatic rings. The molecule has 0 bridgehead atoms. The lowest BCUT2D eigenvalue weighted by molar-refractivity contribution is -0.153. The number of hydrogen-bond donors (Lipinski definition) is 1. The quantitative estimate of drug-likeness (QED) is 0.373. The third kappa shape index (κ3) is 7.10. The Kier molecular flexibility index (Phi) is 9.63. The molecule has 0 spiro atoms. The Labute approximate surface area is 242 Å². The first-order valence-electron chi connectivity index (χ1n) is 14.2. The second-order valence-electron chi connectivity index (χ2n) is 11.2. The molecule has 1 N–H and O–H groups in total. The topological polar surface area (TPSA) is 115 Å². The summed E-state index contributed by atoms with van der Waals surface area (Å²) < 4.78 is 51.5. The Morgan fingerprint density at radius 3 is 2.56 bits per heavy atom. The molecule has 3 saturated heterocycles. The number of likely N-dealkylation sites (N-methyl/N-ethyl adjacent to an activating group) is 1. The van der Waals surface area contributed by atoms with Gasteiger partial charge in [-0.25, -0.2) is 8.42 Å². The number of rotatable bonds is 12. The maximum Gasteiger partial charge on any atom is 0.306 e. The van der Waals surface area contributed by atoms with Crippen LogP contribution in [-0.4, -0.2) is 100 Å². The molecule has 0 saturated carbocycles. The number of fused-ring (bicyclic) bond motifs is 1. The maximum atomic E-state index is 13.9. The molecule has 3 aliphatic rings. The minimum atomic E-state index is -3.95. The van der Waals surface area contributed by atoms with Crippen molar-refractivity contribution in [1.29, 1.82) is 0 Å². The zero-order chi connectivity index (χ0) is 29.0. The van der Waals surface area contributed by atoms with Crippen molar-refractivity contribution in [2.75, 3.05) is 47.0 Å². The lowest BCUT2D eigenvalue weighted by atomic mass is 9.90. The number of sulfonamides is 1. The fourth-order valence-corrected chi connectivity index (χ4v) is 7.71. The van der Waals surface area contributed by atoms with E-state index in [2.05, 4.69) is 4.90 Å². The van der Waals surface area contributed by atoms with E-state index in [0.717, 1.165) is 18.5 Å². The van der Waals surface area contributed by atoms with E-state index in [0.29, 0.717) is 31.7 Å². The zero-order valence-corrected chi connectivity index (χ0v) is 24.4. The SMILES string of the molecule is COc1ccc(S(=O)(=O)N(C[C@@H](O)[C@@H](CC(=O)O[C@H]2CO[C@H]3OCCC32)Cc2ccccc2)C2CCN(C)C2)cc1. The normalized spacial score (nSPS) is 26.1. The number of ether oxygens (including phenoxy) is 4. The van der Waals surface area contributed by atoms with Gasteiger partial charge in [-0.1, -0.05) is 30.3 Å². The van der Waals surface area contributed by atoms with Gasteiger partial charge in [0.1, 0.15) is 11.9 Å². The van der Waals surface area contributed by atoms with E-state index in [-0.39, 0.29) is 48.8 Å². The van der Waals surface area contributed by atoms with Crippen LogP contribution in [0.25, 0.3) is 0 Å². The van der Waals surface area contributed by atoms with Crippen LogP contribution in [0.2, 0.25) is 0 Å². The first kappa shape index (κ1) is 29.9. The molecule has 3 fully saturated rings. The summed E-state index contributed by atoms with van der Waals surface area (Å²) in [6, 6.07) is 15.6. The molecule has 3 heterocycles. The predicted molar refractivity (Wildman–Crippen MR) is 151 cm³/mol. The summed E-state index contributed by atoms with van der Waals surface area (Å²) in [7, 11) is -0.467. The summed E-state index contributed by atoms with van der Waals surface area (Å²) in [4.78, 5) is 15.4. The third-order valence-electron chi connectivity index (χ3n) is 8.39. The highest BCUT2D eigenvalue weighted by Gasteiger charge is 2.44. The van der Waals surface area contributed by atoms with Gasteiger partial charge in [0.2, 0.25) is 10.0 Å². The van der Waals surface area contributed by atoms with Crippen molar-refractivity contribution in [3.8, 4) is 5.75 Å². The minimum absolute atomic E-state index is 0.0148. The summed E-state index contributed by atoms with van der Waals surface area (Å²) in [6.07, 6.45) is -0.0576. The van der Waals surface area contributed by atoms with Gasteiger partial charge in [0.05, 0.1) is 43.7 Å². The molecule has 6 atom stereocenters. The van der Waals surface area contributed by atoms with Gasteiger partial charge in [0.15, 0.2) is 6.29 Å². The molecule has 5 rings (SSSR count). The first-order chi connectivity index (χ1) is 19.7. The van der Waals surface area contributed by atoms with E-state index in [9.17, 15) is 18.3 Å². The average molecular weight is 589 g/mol. The number of nitrogens with zero attached hydrogens (tertiary/aromatic N) is 2. The molecule has 10 nitrogen and oxygen atoms in total. The molecular weight excluding hydrogens is 548 g/mol. The summed E-state index contributed by atoms with van der Waals surface area (Å²) in [6.45, 7) is 2.04. The van der Waals surface area contributed by atoms with Crippen molar-refractivity contribution in [2.45, 2.75) is 55.1 Å². The number of benzene rings is 2. The summed E-state index contributed by atoms with van der Waals surface area (Å²) in [5.74, 6) is -0.423. The van der Waals surface area contributed by atoms with Crippen LogP contribution in [0.3, 0.4) is 0 Å². The van der Waals surface area contributed by atoms with E-state index in [1.165, 1.54) is 23.5 Å². The van der Waals surface area contributed by atoms with Crippen molar-refractivity contribution in [3.63, 3.8) is 0 Å². The van der Waals surface area contributed by atoms with Crippen molar-refractivity contribution in [1.82, 2.24) is 9.21 Å². The zero-order valence-electron chi connectivity index (χ0n) is 23.6. The highest BCUT2D eigenvalue weighted by Crippen LogP contribution is 2.34. The van der Waals surface area contributed by atoms with Gasteiger partial charge in [0, 0.05) is 25.0 Å². The molecule has 3 aliphatic heterocycles. The van der Waals surface area contributed by atoms with Crippen LogP contribution in [0.4, 0.5) is 0 Å². The van der Waals surface area contributed by atoms with Gasteiger partial charge in [-0.05, 0) is 62.7 Å². The monoisotopic (exact) mass is 588 g/mol. The van der Waals surface area contributed by atoms with Crippen molar-refractivity contribution < 1.29 is 37.3 Å². The van der Waals surface area contributed by atoms with E-state index < -0.39 is 28.0 Å². The van der Waals surface area contributed by atoms with Crippen LogP contribution in [0, 0.1) is 11.8 Å². The number of aliphatic hydroxyl groups is 1. The van der Waals surface area contributed by atoms with Crippen LogP contribution in [0.5, 0.6) is 5.75 Å². The Balaban J connectivity index is 1.35. The highest BCUT2D eigenvalue weighted by molar-refractivity contribution is 7.89. The van der Waals surface area contributed by atoms with Crippen LogP contribution in [0.15, 0.2) is 59.5 Å². The number of esters is 1. The molecular formula is C30H40N2O8S. The third-order valence-corrected chi connectivity index (χ3v) is 10.3. The second-order valence-corrected chi connectivity index (χ2v) is 13.1. The standard InChI is InChI=1S/C30H40N2O8S/c1-31-14-12-23(18-31)32(41(35,36)25-10-8-24(37-2)9-11-25)19-27(33)22(16-21-6-4-3-5-7-21)17-29(34)40-28-20-39-30-26(28)13-15-38-30/h3-11,22-23,26-28,30,33H,12-20H2,1-2H3/t22-,23?,26?,27-,28+,30-/m1/s1. The predicted octanol–water partition coefficient (Wildman–Crippen LogP) is 2.30. The Hall–Kier alpha value is -2.54. The fourth-order valence-electron chi connectivity index (χ4n) is 6.05. The van der Waals surface area contributed by atoms with Crippen LogP contribution >= 0.6 is 0 Å². The number of methoxy groups -OCH3 is 1. The number of aliphatic hydroxyl groups excluding tert-OH is 1. The highest BCUT2D eigenvalue weighted by atomic mass is 32.2. The van der Waals surface area contributed by atoms with Gasteiger partial charge in [-0.15, -0.1) is 0 Å². The van der Waals surface area contributed by atoms with E-state index in [4.69, 9.17) is 18.9 Å². The Bertz CT molecular complexity index is 1260. The van der Waals surface area contributed by atoms with Crippen LogP contribution < -0.4 is 4.74 Å². The van der Waals surface area contributed by atoms with Crippen LogP contribution in [0.1, 0.15) is 24.8 Å². The van der Waals surface area contributed by atoms with Gasteiger partial charge in [0.25, 0.3) is 0 Å². The van der Waals surface area contributed by atoms with E-state index in [1.807, 2.05) is 37.4 Å². The van der Waals surface area contributed by atoms with Gasteiger partial charge in [-0.3, -0.25) is 4.79 Å². The maximum absolute atomic E-state index is 13.9. The summed E-state index contributed by atoms with van der Waals surface area (Å²) in [5, 5.41) is 11.6. The lowest BCUT2D eigenvalue weighted by Gasteiger charge is -2.33. The lowest BCUT2D eigenvalue weighted by Crippen LogP contribution is -2.47. The molecule has 0 aromatic heterocycles. The number of carbonyl (C=O) groups excluding carboxylic acids is 1. The number of carbonyl (C=O) groups is 1. The molecule has 0 radical (unpaired) electrons. The van der Waals surface area contributed by atoms with Gasteiger partial charge >= 0.3 is 5.97 Å². The number of hydrogen-bond acceptors (Lipinski definition) is 9. The molecule has 11 heteroatoms. The molecule has 0 aliphatic carbocycles. The number of likely N-dealkylation sites (tertiary alicyclic amines) is 1. The van der Waals surface area contributed by atoms with Crippen molar-refractivity contribution >= 4 is 16.0 Å². The van der Waals surface area contributed by atoms with E-state index >= 15 is 0 Å². The fraction of sp³-hybridized carbons (Fsp3) is 0.567. The Morgan fingerprint density at radius 1 is 1.12 bits per heavy atom. The van der Waals surface area contributed by atoms with Crippen molar-refractivity contribution in [2.24, 2.45) is 11.8 Å². The largest absolute Gasteiger partial charge is 0.497 e. The van der Waals surface area contributed by atoms with Crippen LogP contribution in [-0.2, 0) is 35.4 Å². The van der Waals surface area contributed by atoms with Gasteiger partial charge < -0.3 is 29.0 Å². The Morgan fingerprint density at radius 2 is 1.88 bits per heavy atom. The summed E-state index contributed by atoms with van der Waals surface area (Å²) >= 11 is 0. The minimum Gasteiger partial charge on any atom is -0.497 e.